The van der Waals surface area contributed by atoms with Gasteiger partial charge in [0.05, 0.1) is 7.11 Å². The van der Waals surface area contributed by atoms with Crippen molar-refractivity contribution in [1.82, 2.24) is 4.98 Å². The molecule has 306 valence electrons. The van der Waals surface area contributed by atoms with Crippen LogP contribution >= 0.6 is 0 Å². The van der Waals surface area contributed by atoms with E-state index in [-0.39, 0.29) is 71.9 Å². The second kappa shape index (κ2) is 24.9. The fraction of sp³-hybridized carbons (Fsp3) is 0.711. The molecule has 0 bridgehead atoms. The largest absolute Gasteiger partial charge is 2.00 e. The number of aryl methyl sites for hydroxylation is 1. The van der Waals surface area contributed by atoms with Crippen LogP contribution in [0.2, 0.25) is 0 Å². The average molecular weight is 773 g/mol. The van der Waals surface area contributed by atoms with Crippen molar-refractivity contribution in [1.29, 1.82) is 0 Å². The Morgan fingerprint density at radius 1 is 0.945 bits per heavy atom. The van der Waals surface area contributed by atoms with Gasteiger partial charge in [-0.05, 0) is 68.8 Å². The molecule has 55 heavy (non-hydrogen) atoms. The van der Waals surface area contributed by atoms with Crippen LogP contribution in [0.4, 0.5) is 0 Å². The third-order valence-electron chi connectivity index (χ3n) is 11.6. The number of aromatic nitrogens is 1. The summed E-state index contributed by atoms with van der Waals surface area (Å²) in [6.07, 6.45) is 17.0. The molecule has 1 aromatic rings. The van der Waals surface area contributed by atoms with Gasteiger partial charge in [0.2, 0.25) is 0 Å². The van der Waals surface area contributed by atoms with Gasteiger partial charge in [0, 0.05) is 12.0 Å². The Bertz CT molecular complexity index is 1480. The SMILES string of the molecule is CC[N-]/C(=C\C1[N-]/C(=C2\c3[n-]c(C)c(C)c3C(=O)[C@@H]2C(=O)OC)[C@@H](CCC(=O)OC/C=C(\C)CCC[C@H](C)CCC[C@H](C)CCCC(C)C)[C@@H]1C)CC.[Mg+2].[NH2-]. The quantitative estimate of drug-likeness (QED) is 0.0496. The molecule has 2 N–H and O–H groups in total. The first-order chi connectivity index (χ1) is 25.2. The van der Waals surface area contributed by atoms with Gasteiger partial charge in [-0.15, -0.1) is 18.3 Å². The monoisotopic (exact) mass is 773 g/mol. The van der Waals surface area contributed by atoms with E-state index < -0.39 is 11.9 Å². The molecule has 9 nitrogen and oxygen atoms in total. The molecule has 3 rings (SSSR count). The summed E-state index contributed by atoms with van der Waals surface area (Å²) in [6.45, 7) is 22.4. The summed E-state index contributed by atoms with van der Waals surface area (Å²) in [5.41, 5.74) is 5.95. The minimum Gasteiger partial charge on any atom is -0.693 e. The topological polar surface area (TPSA) is 145 Å². The number of methoxy groups -OCH3 is 1. The first-order valence-electron chi connectivity index (χ1n) is 20.6. The number of carbonyl (C=O) groups excluding carboxylic acids is 3. The van der Waals surface area contributed by atoms with E-state index in [0.29, 0.717) is 35.5 Å². The number of hydrogen-bond acceptors (Lipinski definition) is 5. The van der Waals surface area contributed by atoms with Crippen LogP contribution in [0.1, 0.15) is 160 Å². The zero-order valence-electron chi connectivity index (χ0n) is 36.3. The molecule has 0 amide bonds. The zero-order chi connectivity index (χ0) is 39.2. The number of ether oxygens (including phenoxy) is 2. The summed E-state index contributed by atoms with van der Waals surface area (Å²) < 4.78 is 10.8. The molecule has 1 fully saturated rings. The maximum absolute atomic E-state index is 13.7. The van der Waals surface area contributed by atoms with E-state index in [1.807, 2.05) is 26.8 Å². The molecular formula is C45H72MgN4O5-2. The first kappa shape index (κ1) is 50.5. The summed E-state index contributed by atoms with van der Waals surface area (Å²) in [5, 5.41) is 9.82. The molecule has 1 unspecified atom stereocenters. The Kier molecular flexibility index (Phi) is 22.9. The van der Waals surface area contributed by atoms with Crippen molar-refractivity contribution < 1.29 is 23.9 Å². The van der Waals surface area contributed by atoms with Gasteiger partial charge in [-0.3, -0.25) is 14.4 Å². The van der Waals surface area contributed by atoms with Crippen LogP contribution in [-0.2, 0) is 19.1 Å². The van der Waals surface area contributed by atoms with E-state index in [2.05, 4.69) is 59.9 Å². The van der Waals surface area contributed by atoms with Gasteiger partial charge in [0.1, 0.15) is 12.5 Å². The fourth-order valence-corrected chi connectivity index (χ4v) is 8.02. The van der Waals surface area contributed by atoms with Gasteiger partial charge in [0.15, 0.2) is 5.78 Å². The maximum atomic E-state index is 13.7. The van der Waals surface area contributed by atoms with Crippen molar-refractivity contribution in [3.63, 3.8) is 0 Å². The van der Waals surface area contributed by atoms with Crippen molar-refractivity contribution in [2.75, 3.05) is 20.3 Å². The predicted molar refractivity (Wildman–Crippen MR) is 228 cm³/mol. The molecule has 0 spiro atoms. The third-order valence-corrected chi connectivity index (χ3v) is 11.6. The number of carbonyl (C=O) groups is 3. The molecule has 10 heteroatoms. The number of ketones is 1. The van der Waals surface area contributed by atoms with Gasteiger partial charge in [0.25, 0.3) is 0 Å². The van der Waals surface area contributed by atoms with Crippen LogP contribution in [0, 0.1) is 49.4 Å². The van der Waals surface area contributed by atoms with E-state index in [4.69, 9.17) is 19.8 Å². The van der Waals surface area contributed by atoms with E-state index in [1.165, 1.54) is 57.6 Å². The summed E-state index contributed by atoms with van der Waals surface area (Å²) in [4.78, 5) is 44.7. The maximum Gasteiger partial charge on any atom is 2.00 e. The van der Waals surface area contributed by atoms with E-state index >= 15 is 0 Å². The molecule has 0 aromatic carbocycles. The number of rotatable bonds is 22. The molecule has 6 atom stereocenters. The second-order valence-corrected chi connectivity index (χ2v) is 16.4. The normalized spacial score (nSPS) is 22.1. The minimum atomic E-state index is -1.12. The van der Waals surface area contributed by atoms with Crippen LogP contribution in [-0.4, -0.2) is 67.1 Å². The fourth-order valence-electron chi connectivity index (χ4n) is 8.02. The van der Waals surface area contributed by atoms with Gasteiger partial charge >= 0.3 is 35.0 Å². The van der Waals surface area contributed by atoms with Crippen LogP contribution < -0.4 is 4.98 Å². The van der Waals surface area contributed by atoms with Gasteiger partial charge < -0.3 is 31.2 Å². The Hall–Kier alpha value is -2.56. The number of fused-ring (bicyclic) bond motifs is 1. The molecule has 0 saturated carbocycles. The number of allylic oxidation sites excluding steroid dienone is 3. The van der Waals surface area contributed by atoms with Gasteiger partial charge in [-0.1, -0.05) is 130 Å². The summed E-state index contributed by atoms with van der Waals surface area (Å²) in [7, 11) is 1.30. The standard InChI is InChI=1S/C45H71N3O5.Mg.H2N/c1-12-35(46-13-2)27-37-33(9)36(42(48-37)40-41(45(51)52-11)44(50)39-32(8)34(10)47-43(39)40)23-24-38(49)53-26-25-31(7)22-16-21-30(6)20-15-19-29(5)18-14-17-28(3)4;;/h25,27-30,33,36-37,41H,12-24,26H2,1-11H3,(H-,47,48,50);;1H2/q-2;+2;-1/p-1/b31-25+,35-27-;;/t29-,30-,33+,36+,37?,41-;;/m1../s1. The molecule has 1 saturated heterocycles. The van der Waals surface area contributed by atoms with Crippen LogP contribution in [0.5, 0.6) is 0 Å². The Morgan fingerprint density at radius 2 is 1.56 bits per heavy atom. The zero-order valence-corrected chi connectivity index (χ0v) is 37.7. The number of Topliss-reactive ketones (excluding diaryl/α,β-unsaturated/α-hetero) is 1. The average Bonchev–Trinajstić information content (AvgIpc) is 3.69. The Balaban J connectivity index is 0.00000756. The van der Waals surface area contributed by atoms with Gasteiger partial charge in [-0.2, -0.15) is 17.1 Å². The first-order valence-corrected chi connectivity index (χ1v) is 20.6. The van der Waals surface area contributed by atoms with Crippen LogP contribution in [0.25, 0.3) is 22.4 Å². The summed E-state index contributed by atoms with van der Waals surface area (Å²) >= 11 is 0. The van der Waals surface area contributed by atoms with Crippen molar-refractivity contribution in [3.05, 3.63) is 68.4 Å². The van der Waals surface area contributed by atoms with Crippen molar-refractivity contribution >= 4 is 46.3 Å². The minimum absolute atomic E-state index is 0. The van der Waals surface area contributed by atoms with E-state index in [1.54, 1.807) is 0 Å². The molecular weight excluding hydrogens is 701 g/mol. The van der Waals surface area contributed by atoms with Crippen molar-refractivity contribution in [2.24, 2.45) is 35.5 Å². The van der Waals surface area contributed by atoms with E-state index in [0.717, 1.165) is 54.0 Å². The number of hydrogen-bond donors (Lipinski definition) is 0. The molecule has 2 heterocycles. The molecule has 2 aliphatic rings. The van der Waals surface area contributed by atoms with Crippen LogP contribution in [0.15, 0.2) is 29.1 Å². The second-order valence-electron chi connectivity index (χ2n) is 16.4. The van der Waals surface area contributed by atoms with E-state index in [9.17, 15) is 14.4 Å². The number of nitrogens with two attached hydrogens (primary N) is 1. The van der Waals surface area contributed by atoms with Gasteiger partial charge in [-0.25, -0.2) is 0 Å². The van der Waals surface area contributed by atoms with Crippen molar-refractivity contribution in [3.8, 4) is 0 Å². The third kappa shape index (κ3) is 14.4. The number of esters is 2. The molecule has 1 aromatic heterocycles. The van der Waals surface area contributed by atoms with Crippen LogP contribution in [0.3, 0.4) is 0 Å². The molecule has 1 aliphatic carbocycles. The Morgan fingerprint density at radius 3 is 2.15 bits per heavy atom. The van der Waals surface area contributed by atoms with Crippen molar-refractivity contribution in [2.45, 2.75) is 152 Å². The Labute approximate surface area is 350 Å². The molecule has 1 aliphatic heterocycles. The summed E-state index contributed by atoms with van der Waals surface area (Å²) in [5.74, 6) is -0.0945. The smallest absolute Gasteiger partial charge is 0.693 e. The molecule has 0 radical (unpaired) electrons. The predicted octanol–water partition coefficient (Wildman–Crippen LogP) is 11.7. The number of nitrogens with zero attached hydrogens (tertiary/aromatic N) is 3. The summed E-state index contributed by atoms with van der Waals surface area (Å²) in [6, 6.07) is -0.213.